The molecule has 170 valence electrons. The molecule has 2 aromatic rings. The van der Waals surface area contributed by atoms with Gasteiger partial charge in [-0.05, 0) is 67.6 Å². The van der Waals surface area contributed by atoms with Crippen LogP contribution in [0.15, 0.2) is 35.4 Å². The average molecular weight is 473 g/mol. The van der Waals surface area contributed by atoms with Crippen LogP contribution in [0.1, 0.15) is 43.6 Å². The third-order valence-corrected chi connectivity index (χ3v) is 9.83. The number of hydrogen-bond acceptors (Lipinski definition) is 6. The molecule has 0 radical (unpaired) electrons. The van der Waals surface area contributed by atoms with Crippen LogP contribution in [0.3, 0.4) is 0 Å². The number of aromatic nitrogens is 2. The van der Waals surface area contributed by atoms with Crippen LogP contribution in [0.5, 0.6) is 0 Å². The largest absolute Gasteiger partial charge is 0.394 e. The first-order valence-electron chi connectivity index (χ1n) is 11.7. The van der Waals surface area contributed by atoms with Gasteiger partial charge in [-0.3, -0.25) is 4.21 Å². The van der Waals surface area contributed by atoms with Gasteiger partial charge in [0.25, 0.3) is 0 Å². The Morgan fingerprint density at radius 1 is 1.16 bits per heavy atom. The van der Waals surface area contributed by atoms with Crippen molar-refractivity contribution in [3.63, 3.8) is 0 Å². The summed E-state index contributed by atoms with van der Waals surface area (Å²) in [7, 11) is -1.08. The van der Waals surface area contributed by atoms with Crippen molar-refractivity contribution in [1.29, 1.82) is 0 Å². The zero-order valence-corrected chi connectivity index (χ0v) is 19.7. The Morgan fingerprint density at radius 2 is 1.88 bits per heavy atom. The topological polar surface area (TPSA) is 69.6 Å². The Hall–Kier alpha value is -1.70. The number of piperidine rings is 1. The second kappa shape index (κ2) is 7.96. The highest BCUT2D eigenvalue weighted by atomic mass is 35.5. The third kappa shape index (κ3) is 3.27. The number of anilines is 2. The number of aliphatic hydroxyl groups is 1. The van der Waals surface area contributed by atoms with Gasteiger partial charge in [-0.2, -0.15) is 4.98 Å². The Balaban J connectivity index is 1.29. The average Bonchev–Trinajstić information content (AvgIpc) is 3.04. The third-order valence-electron chi connectivity index (χ3n) is 8.25. The van der Waals surface area contributed by atoms with Crippen molar-refractivity contribution in [3.05, 3.63) is 41.0 Å². The molecule has 3 fully saturated rings. The Morgan fingerprint density at radius 3 is 2.50 bits per heavy atom. The predicted molar refractivity (Wildman–Crippen MR) is 127 cm³/mol. The van der Waals surface area contributed by atoms with Crippen molar-refractivity contribution in [1.82, 2.24) is 9.97 Å². The Kier molecular flexibility index (Phi) is 5.19. The zero-order valence-electron chi connectivity index (χ0n) is 18.1. The lowest BCUT2D eigenvalue weighted by molar-refractivity contribution is 0.115. The highest BCUT2D eigenvalue weighted by Crippen LogP contribution is 2.49. The maximum absolute atomic E-state index is 12.7. The van der Waals surface area contributed by atoms with Gasteiger partial charge in [-0.25, -0.2) is 4.98 Å². The summed E-state index contributed by atoms with van der Waals surface area (Å²) in [5.41, 5.74) is 1.15. The first-order chi connectivity index (χ1) is 15.6. The van der Waals surface area contributed by atoms with Gasteiger partial charge < -0.3 is 14.9 Å². The highest BCUT2D eigenvalue weighted by molar-refractivity contribution is 7.85. The van der Waals surface area contributed by atoms with Crippen LogP contribution in [-0.4, -0.2) is 56.8 Å². The maximum Gasteiger partial charge on any atom is 0.227 e. The second-order valence-corrected chi connectivity index (χ2v) is 11.9. The van der Waals surface area contributed by atoms with E-state index >= 15 is 0 Å². The van der Waals surface area contributed by atoms with Gasteiger partial charge in [-0.15, -0.1) is 0 Å². The van der Waals surface area contributed by atoms with Crippen LogP contribution in [0, 0.1) is 11.8 Å². The molecular weight excluding hydrogens is 444 g/mol. The molecule has 0 spiro atoms. The first-order valence-corrected chi connectivity index (χ1v) is 13.4. The molecule has 2 bridgehead atoms. The van der Waals surface area contributed by atoms with E-state index in [4.69, 9.17) is 16.6 Å². The van der Waals surface area contributed by atoms with Crippen molar-refractivity contribution >= 4 is 34.2 Å². The van der Waals surface area contributed by atoms with E-state index in [-0.39, 0.29) is 12.1 Å². The standard InChI is InChI=1S/C24H29ClN4O2S/c25-19-6-4-16(5-7-19)21-17-2-3-18(21)14-28(13-17)23-26-12-20-22(27-23)29(10-11-32(20)31)24(15-30)8-1-9-24/h4-7,12,17-18,21,30H,1-3,8-11,13-15H2. The van der Waals surface area contributed by atoms with E-state index < -0.39 is 10.8 Å². The number of fused-ring (bicyclic) bond motifs is 3. The minimum absolute atomic E-state index is 0.120. The number of benzene rings is 1. The van der Waals surface area contributed by atoms with E-state index in [1.54, 1.807) is 6.20 Å². The number of hydrogen-bond donors (Lipinski definition) is 1. The van der Waals surface area contributed by atoms with E-state index in [1.165, 1.54) is 18.4 Å². The first kappa shape index (κ1) is 20.9. The normalized spacial score (nSPS) is 30.7. The molecule has 3 atom stereocenters. The van der Waals surface area contributed by atoms with Crippen LogP contribution in [0.25, 0.3) is 0 Å². The second-order valence-electron chi connectivity index (χ2n) is 9.87. The fraction of sp³-hybridized carbons (Fsp3) is 0.583. The van der Waals surface area contributed by atoms with Gasteiger partial charge in [-0.1, -0.05) is 23.7 Å². The fourth-order valence-corrected chi connectivity index (χ4v) is 7.65. The molecule has 1 saturated heterocycles. The van der Waals surface area contributed by atoms with Crippen molar-refractivity contribution < 1.29 is 9.32 Å². The quantitative estimate of drug-likeness (QED) is 0.733. The Bertz CT molecular complexity index is 1030. The number of halogens is 1. The molecule has 4 aliphatic rings. The molecule has 6 rings (SSSR count). The van der Waals surface area contributed by atoms with E-state index in [9.17, 15) is 9.32 Å². The smallest absolute Gasteiger partial charge is 0.227 e. The van der Waals surface area contributed by atoms with Crippen LogP contribution in [-0.2, 0) is 10.8 Å². The van der Waals surface area contributed by atoms with E-state index in [1.807, 2.05) is 12.1 Å². The molecule has 1 N–H and O–H groups in total. The summed E-state index contributed by atoms with van der Waals surface area (Å²) >= 11 is 6.11. The van der Waals surface area contributed by atoms with Crippen molar-refractivity contribution in [3.8, 4) is 0 Å². The summed E-state index contributed by atoms with van der Waals surface area (Å²) < 4.78 is 12.7. The highest BCUT2D eigenvalue weighted by Gasteiger charge is 2.46. The van der Waals surface area contributed by atoms with Crippen molar-refractivity contribution in [2.45, 2.75) is 48.5 Å². The summed E-state index contributed by atoms with van der Waals surface area (Å²) in [6.07, 6.45) is 7.27. The lowest BCUT2D eigenvalue weighted by Gasteiger charge is -2.51. The van der Waals surface area contributed by atoms with Gasteiger partial charge >= 0.3 is 0 Å². The van der Waals surface area contributed by atoms with Crippen LogP contribution in [0.2, 0.25) is 5.02 Å². The minimum Gasteiger partial charge on any atom is -0.394 e. The van der Waals surface area contributed by atoms with E-state index in [0.717, 1.165) is 54.0 Å². The number of nitrogens with zero attached hydrogens (tertiary/aromatic N) is 4. The molecule has 3 unspecified atom stereocenters. The van der Waals surface area contributed by atoms with Gasteiger partial charge in [0.15, 0.2) is 5.82 Å². The summed E-state index contributed by atoms with van der Waals surface area (Å²) in [6.45, 7) is 2.68. The van der Waals surface area contributed by atoms with Crippen molar-refractivity contribution in [2.24, 2.45) is 11.8 Å². The monoisotopic (exact) mass is 472 g/mol. The summed E-state index contributed by atoms with van der Waals surface area (Å²) in [6, 6.07) is 8.37. The molecule has 8 heteroatoms. The van der Waals surface area contributed by atoms with Gasteiger partial charge in [0.05, 0.1) is 34.0 Å². The molecular formula is C24H29ClN4O2S. The van der Waals surface area contributed by atoms with Crippen LogP contribution in [0.4, 0.5) is 11.8 Å². The Labute approximate surface area is 196 Å². The van der Waals surface area contributed by atoms with Crippen LogP contribution < -0.4 is 9.80 Å². The lowest BCUT2D eigenvalue weighted by Crippen LogP contribution is -2.59. The van der Waals surface area contributed by atoms with Gasteiger partial charge in [0.2, 0.25) is 5.95 Å². The lowest BCUT2D eigenvalue weighted by atomic mass is 9.76. The van der Waals surface area contributed by atoms with Gasteiger partial charge in [0.1, 0.15) is 0 Å². The van der Waals surface area contributed by atoms with Crippen molar-refractivity contribution in [2.75, 3.05) is 41.8 Å². The van der Waals surface area contributed by atoms with Gasteiger partial charge in [0, 0.05) is 30.4 Å². The molecule has 2 aliphatic carbocycles. The molecule has 6 nitrogen and oxygen atoms in total. The molecule has 32 heavy (non-hydrogen) atoms. The SMILES string of the molecule is O=S1CCN(C2(CO)CCC2)c2nc(N3CC4CCC(C3)C4c3ccc(Cl)cc3)ncc21. The molecule has 2 aliphatic heterocycles. The molecule has 1 aromatic carbocycles. The maximum atomic E-state index is 12.7. The summed E-state index contributed by atoms with van der Waals surface area (Å²) in [4.78, 5) is 14.9. The zero-order chi connectivity index (χ0) is 21.9. The fourth-order valence-electron chi connectivity index (χ4n) is 6.42. The number of rotatable bonds is 4. The molecule has 3 heterocycles. The molecule has 1 aromatic heterocycles. The summed E-state index contributed by atoms with van der Waals surface area (Å²) in [5, 5.41) is 10.9. The van der Waals surface area contributed by atoms with Crippen LogP contribution >= 0.6 is 11.6 Å². The summed E-state index contributed by atoms with van der Waals surface area (Å²) in [5.74, 6) is 3.82. The van der Waals surface area contributed by atoms with E-state index in [2.05, 4.69) is 26.9 Å². The molecule has 0 amide bonds. The minimum atomic E-state index is -1.08. The van der Waals surface area contributed by atoms with E-state index in [0.29, 0.717) is 30.1 Å². The predicted octanol–water partition coefficient (Wildman–Crippen LogP) is 3.60. The number of aliphatic hydroxyl groups excluding tert-OH is 1. The molecule has 2 saturated carbocycles.